The number of halogens is 1. The number of carboxylic acids is 1. The van der Waals surface area contributed by atoms with Gasteiger partial charge in [-0.25, -0.2) is 13.2 Å². The molecule has 0 aliphatic carbocycles. The third kappa shape index (κ3) is 3.10. The molecule has 0 amide bonds. The zero-order valence-electron chi connectivity index (χ0n) is 10.5. The Balaban J connectivity index is 2.31. The minimum absolute atomic E-state index is 0.114. The highest BCUT2D eigenvalue weighted by Gasteiger charge is 2.21. The minimum Gasteiger partial charge on any atom is -0.475 e. The molecule has 7 heteroatoms. The lowest BCUT2D eigenvalue weighted by Gasteiger charge is -2.02. The van der Waals surface area contributed by atoms with Crippen molar-refractivity contribution in [2.75, 3.05) is 0 Å². The minimum atomic E-state index is -3.57. The van der Waals surface area contributed by atoms with Crippen molar-refractivity contribution in [1.29, 1.82) is 0 Å². The second kappa shape index (κ2) is 5.41. The van der Waals surface area contributed by atoms with E-state index >= 15 is 0 Å². The van der Waals surface area contributed by atoms with E-state index in [2.05, 4.69) is 15.9 Å². The molecule has 1 aromatic heterocycles. The van der Waals surface area contributed by atoms with Gasteiger partial charge in [-0.3, -0.25) is 0 Å². The highest BCUT2D eigenvalue weighted by atomic mass is 79.9. The average molecular weight is 359 g/mol. The Hall–Kier alpha value is -1.60. The molecule has 5 nitrogen and oxygen atoms in total. The fourth-order valence-electron chi connectivity index (χ4n) is 1.74. The first-order valence-electron chi connectivity index (χ1n) is 5.60. The van der Waals surface area contributed by atoms with Gasteiger partial charge in [-0.2, -0.15) is 0 Å². The van der Waals surface area contributed by atoms with E-state index in [0.29, 0.717) is 5.56 Å². The van der Waals surface area contributed by atoms with Crippen LogP contribution in [0.3, 0.4) is 0 Å². The smallest absolute Gasteiger partial charge is 0.372 e. The molecule has 0 radical (unpaired) electrons. The summed E-state index contributed by atoms with van der Waals surface area (Å²) in [6, 6.07) is 7.65. The van der Waals surface area contributed by atoms with Crippen LogP contribution in [0.1, 0.15) is 21.9 Å². The molecular formula is C13H11BrO5S. The second-order valence-corrected chi connectivity index (χ2v) is 7.15. The van der Waals surface area contributed by atoms with Crippen molar-refractivity contribution in [3.63, 3.8) is 0 Å². The van der Waals surface area contributed by atoms with Gasteiger partial charge in [0.25, 0.3) is 0 Å². The Bertz CT molecular complexity index is 744. The van der Waals surface area contributed by atoms with Gasteiger partial charge in [-0.05, 0) is 37.3 Å². The van der Waals surface area contributed by atoms with Gasteiger partial charge < -0.3 is 9.52 Å². The van der Waals surface area contributed by atoms with Crippen molar-refractivity contribution in [2.45, 2.75) is 17.6 Å². The van der Waals surface area contributed by atoms with Gasteiger partial charge in [0.15, 0.2) is 9.84 Å². The first kappa shape index (κ1) is 14.8. The number of furan rings is 1. The van der Waals surface area contributed by atoms with E-state index in [1.165, 1.54) is 18.2 Å². The summed E-state index contributed by atoms with van der Waals surface area (Å²) in [5.41, 5.74) is 0.401. The number of rotatable bonds is 4. The van der Waals surface area contributed by atoms with Gasteiger partial charge in [-0.1, -0.05) is 15.9 Å². The number of aryl methyl sites for hydroxylation is 1. The predicted molar refractivity (Wildman–Crippen MR) is 75.4 cm³/mol. The van der Waals surface area contributed by atoms with Gasteiger partial charge in [0.2, 0.25) is 5.76 Å². The zero-order chi connectivity index (χ0) is 14.9. The Morgan fingerprint density at radius 1 is 1.30 bits per heavy atom. The van der Waals surface area contributed by atoms with Crippen LogP contribution in [-0.4, -0.2) is 19.5 Å². The van der Waals surface area contributed by atoms with E-state index in [1.54, 1.807) is 19.1 Å². The molecular weight excluding hydrogens is 348 g/mol. The van der Waals surface area contributed by atoms with Crippen LogP contribution in [0.25, 0.3) is 0 Å². The number of carbonyl (C=O) groups is 1. The lowest BCUT2D eigenvalue weighted by molar-refractivity contribution is 0.0659. The van der Waals surface area contributed by atoms with Crippen molar-refractivity contribution in [1.82, 2.24) is 0 Å². The van der Waals surface area contributed by atoms with Crippen molar-refractivity contribution in [3.05, 3.63) is 51.9 Å². The maximum atomic E-state index is 12.2. The fraction of sp³-hybridized carbons (Fsp3) is 0.154. The molecule has 0 fully saturated rings. The summed E-state index contributed by atoms with van der Waals surface area (Å²) >= 11 is 3.23. The molecule has 0 spiro atoms. The molecule has 0 aliphatic heterocycles. The van der Waals surface area contributed by atoms with Crippen LogP contribution in [0.5, 0.6) is 0 Å². The number of aromatic carboxylic acids is 1. The molecule has 2 aromatic rings. The normalized spacial score (nSPS) is 11.5. The SMILES string of the molecule is Cc1cc(CS(=O)(=O)c2ccc(Br)cc2)oc1C(=O)O. The number of sulfone groups is 1. The van der Waals surface area contributed by atoms with Gasteiger partial charge in [0.05, 0.1) is 4.90 Å². The topological polar surface area (TPSA) is 84.6 Å². The van der Waals surface area contributed by atoms with E-state index < -0.39 is 15.8 Å². The lowest BCUT2D eigenvalue weighted by Crippen LogP contribution is -2.04. The van der Waals surface area contributed by atoms with E-state index in [4.69, 9.17) is 9.52 Å². The van der Waals surface area contributed by atoms with Crippen molar-refractivity contribution in [2.24, 2.45) is 0 Å². The van der Waals surface area contributed by atoms with Crippen LogP contribution in [0, 0.1) is 6.92 Å². The third-order valence-electron chi connectivity index (χ3n) is 2.67. The Labute approximate surface area is 124 Å². The molecule has 20 heavy (non-hydrogen) atoms. The molecule has 1 aromatic carbocycles. The largest absolute Gasteiger partial charge is 0.475 e. The Kier molecular flexibility index (Phi) is 4.01. The zero-order valence-corrected chi connectivity index (χ0v) is 12.9. The monoisotopic (exact) mass is 358 g/mol. The van der Waals surface area contributed by atoms with Crippen LogP contribution in [0.4, 0.5) is 0 Å². The van der Waals surface area contributed by atoms with Gasteiger partial charge >= 0.3 is 5.97 Å². The Morgan fingerprint density at radius 2 is 1.90 bits per heavy atom. The standard InChI is InChI=1S/C13H11BrO5S/c1-8-6-10(19-12(8)13(15)16)7-20(17,18)11-4-2-9(14)3-5-11/h2-6H,7H2,1H3,(H,15,16). The van der Waals surface area contributed by atoms with Gasteiger partial charge in [-0.15, -0.1) is 0 Å². The van der Waals surface area contributed by atoms with Gasteiger partial charge in [0.1, 0.15) is 11.5 Å². The summed E-state index contributed by atoms with van der Waals surface area (Å²) in [4.78, 5) is 11.0. The predicted octanol–water partition coefficient (Wildman–Crippen LogP) is 3.02. The Morgan fingerprint density at radius 3 is 2.40 bits per heavy atom. The summed E-state index contributed by atoms with van der Waals surface area (Å²) in [6.45, 7) is 1.56. The molecule has 0 atom stereocenters. The van der Waals surface area contributed by atoms with Crippen LogP contribution < -0.4 is 0 Å². The van der Waals surface area contributed by atoms with Crippen molar-refractivity contribution in [3.8, 4) is 0 Å². The molecule has 1 heterocycles. The van der Waals surface area contributed by atoms with Gasteiger partial charge in [0, 0.05) is 10.0 Å². The summed E-state index contributed by atoms with van der Waals surface area (Å²) in [7, 11) is -3.57. The molecule has 106 valence electrons. The average Bonchev–Trinajstić information content (AvgIpc) is 2.70. The number of hydrogen-bond acceptors (Lipinski definition) is 4. The van der Waals surface area contributed by atoms with E-state index in [9.17, 15) is 13.2 Å². The molecule has 0 bridgehead atoms. The maximum Gasteiger partial charge on any atom is 0.372 e. The molecule has 2 rings (SSSR count). The quantitative estimate of drug-likeness (QED) is 0.907. The number of carboxylic acid groups (broad SMARTS) is 1. The molecule has 0 saturated heterocycles. The molecule has 0 unspecified atom stereocenters. The molecule has 0 saturated carbocycles. The van der Waals surface area contributed by atoms with Crippen LogP contribution >= 0.6 is 15.9 Å². The van der Waals surface area contributed by atoms with Crippen LogP contribution in [-0.2, 0) is 15.6 Å². The molecule has 1 N–H and O–H groups in total. The highest BCUT2D eigenvalue weighted by Crippen LogP contribution is 2.22. The van der Waals surface area contributed by atoms with E-state index in [-0.39, 0.29) is 22.2 Å². The second-order valence-electron chi connectivity index (χ2n) is 4.24. The van der Waals surface area contributed by atoms with Crippen LogP contribution in [0.2, 0.25) is 0 Å². The van der Waals surface area contributed by atoms with Crippen molar-refractivity contribution < 1.29 is 22.7 Å². The maximum absolute atomic E-state index is 12.2. The first-order valence-corrected chi connectivity index (χ1v) is 8.05. The summed E-state index contributed by atoms with van der Waals surface area (Å²) in [5, 5.41) is 8.88. The number of hydrogen-bond donors (Lipinski definition) is 1. The summed E-state index contributed by atoms with van der Waals surface area (Å²) in [6.07, 6.45) is 0. The highest BCUT2D eigenvalue weighted by molar-refractivity contribution is 9.10. The van der Waals surface area contributed by atoms with Crippen molar-refractivity contribution >= 4 is 31.7 Å². The first-order chi connectivity index (χ1) is 9.29. The fourth-order valence-corrected chi connectivity index (χ4v) is 3.24. The lowest BCUT2D eigenvalue weighted by atomic mass is 10.3. The summed E-state index contributed by atoms with van der Waals surface area (Å²) in [5.74, 6) is -1.70. The van der Waals surface area contributed by atoms with Crippen LogP contribution in [0.15, 0.2) is 44.1 Å². The summed E-state index contributed by atoms with van der Waals surface area (Å²) < 4.78 is 30.2. The van der Waals surface area contributed by atoms with E-state index in [0.717, 1.165) is 4.47 Å². The number of benzene rings is 1. The van der Waals surface area contributed by atoms with E-state index in [1.807, 2.05) is 0 Å². The molecule has 0 aliphatic rings. The third-order valence-corrected chi connectivity index (χ3v) is 4.85.